The van der Waals surface area contributed by atoms with Crippen LogP contribution in [-0.4, -0.2) is 18.0 Å². The second kappa shape index (κ2) is 6.85. The van der Waals surface area contributed by atoms with Crippen LogP contribution in [0, 0.1) is 17.0 Å². The zero-order valence-electron chi connectivity index (χ0n) is 10.1. The number of ether oxygens (including phenoxy) is 1. The van der Waals surface area contributed by atoms with E-state index in [0.29, 0.717) is 0 Å². The molecule has 0 aromatic heterocycles. The molecule has 0 aliphatic heterocycles. The largest absolute Gasteiger partial charge is 0.465 e. The molecule has 1 aromatic carbocycles. The van der Waals surface area contributed by atoms with E-state index in [2.05, 4.69) is 4.74 Å². The number of hydrogen-bond acceptors (Lipinski definition) is 4. The molecule has 1 aromatic rings. The lowest BCUT2D eigenvalue weighted by atomic mass is 10.1. The lowest BCUT2D eigenvalue weighted by Gasteiger charge is -2.05. The summed E-state index contributed by atoms with van der Waals surface area (Å²) in [6.07, 6.45) is 0. The molecule has 6 heteroatoms. The standard InChI is InChI=1S/C9H8ClNO4.C2H6/c1-5-6(9(12)15-2)3-4-7(10)8(5)11(13)14;1-2/h3-4H,1-2H3;1-2H3. The van der Waals surface area contributed by atoms with Crippen LogP contribution in [0.5, 0.6) is 0 Å². The van der Waals surface area contributed by atoms with E-state index >= 15 is 0 Å². The predicted octanol–water partition coefficient (Wildman–Crippen LogP) is 3.37. The van der Waals surface area contributed by atoms with Crippen molar-refractivity contribution in [2.24, 2.45) is 0 Å². The van der Waals surface area contributed by atoms with Gasteiger partial charge in [-0.05, 0) is 19.1 Å². The van der Waals surface area contributed by atoms with E-state index in [4.69, 9.17) is 11.6 Å². The van der Waals surface area contributed by atoms with Gasteiger partial charge in [-0.3, -0.25) is 10.1 Å². The summed E-state index contributed by atoms with van der Waals surface area (Å²) in [7, 11) is 1.21. The highest BCUT2D eigenvalue weighted by Crippen LogP contribution is 2.30. The normalized spacial score (nSPS) is 9.00. The Morgan fingerprint density at radius 1 is 1.41 bits per heavy atom. The molecule has 17 heavy (non-hydrogen) atoms. The second-order valence-corrected chi connectivity index (χ2v) is 3.22. The van der Waals surface area contributed by atoms with Gasteiger partial charge in [0, 0.05) is 5.56 Å². The molecule has 0 bridgehead atoms. The lowest BCUT2D eigenvalue weighted by molar-refractivity contribution is -0.385. The van der Waals surface area contributed by atoms with Gasteiger partial charge in [0.2, 0.25) is 0 Å². The first kappa shape index (κ1) is 15.4. The molecule has 0 aliphatic rings. The van der Waals surface area contributed by atoms with Crippen LogP contribution in [0.1, 0.15) is 29.8 Å². The summed E-state index contributed by atoms with van der Waals surface area (Å²) in [6, 6.07) is 2.70. The number of carbonyl (C=O) groups is 1. The highest BCUT2D eigenvalue weighted by molar-refractivity contribution is 6.33. The van der Waals surface area contributed by atoms with Gasteiger partial charge in [-0.1, -0.05) is 25.4 Å². The van der Waals surface area contributed by atoms with Gasteiger partial charge >= 0.3 is 5.97 Å². The number of nitrogens with zero attached hydrogens (tertiary/aromatic N) is 1. The van der Waals surface area contributed by atoms with Gasteiger partial charge in [-0.25, -0.2) is 4.79 Å². The van der Waals surface area contributed by atoms with Crippen LogP contribution >= 0.6 is 11.6 Å². The van der Waals surface area contributed by atoms with Crippen LogP contribution in [0.15, 0.2) is 12.1 Å². The Labute approximate surface area is 104 Å². The fourth-order valence-electron chi connectivity index (χ4n) is 1.22. The number of methoxy groups -OCH3 is 1. The topological polar surface area (TPSA) is 69.4 Å². The Morgan fingerprint density at radius 3 is 2.35 bits per heavy atom. The number of carbonyl (C=O) groups excluding carboxylic acids is 1. The number of nitro benzene ring substituents is 1. The smallest absolute Gasteiger partial charge is 0.338 e. The second-order valence-electron chi connectivity index (χ2n) is 2.82. The van der Waals surface area contributed by atoms with Gasteiger partial charge in [-0.15, -0.1) is 0 Å². The molecule has 0 radical (unpaired) electrons. The van der Waals surface area contributed by atoms with Gasteiger partial charge < -0.3 is 4.74 Å². The van der Waals surface area contributed by atoms with E-state index in [1.165, 1.54) is 26.2 Å². The van der Waals surface area contributed by atoms with E-state index in [1.807, 2.05) is 13.8 Å². The number of halogens is 1. The SMILES string of the molecule is CC.COC(=O)c1ccc(Cl)c([N+](=O)[O-])c1C. The van der Waals surface area contributed by atoms with Crippen LogP contribution in [-0.2, 0) is 4.74 Å². The molecule has 0 atom stereocenters. The van der Waals surface area contributed by atoms with E-state index in [-0.39, 0.29) is 21.8 Å². The first-order chi connectivity index (χ1) is 7.99. The fraction of sp³-hybridized carbons (Fsp3) is 0.364. The van der Waals surface area contributed by atoms with Crippen molar-refractivity contribution in [1.82, 2.24) is 0 Å². The third kappa shape index (κ3) is 3.42. The van der Waals surface area contributed by atoms with Crippen molar-refractivity contribution in [3.63, 3.8) is 0 Å². The highest BCUT2D eigenvalue weighted by Gasteiger charge is 2.22. The Kier molecular flexibility index (Phi) is 6.20. The first-order valence-corrected chi connectivity index (χ1v) is 5.38. The number of nitro groups is 1. The summed E-state index contributed by atoms with van der Waals surface area (Å²) in [5.41, 5.74) is 0.0903. The Morgan fingerprint density at radius 2 is 1.94 bits per heavy atom. The fourth-order valence-corrected chi connectivity index (χ4v) is 1.50. The summed E-state index contributed by atoms with van der Waals surface area (Å²) in [6.45, 7) is 5.45. The van der Waals surface area contributed by atoms with E-state index in [0.717, 1.165) is 0 Å². The van der Waals surface area contributed by atoms with Gasteiger partial charge in [0.1, 0.15) is 5.02 Å². The molecule has 5 nitrogen and oxygen atoms in total. The van der Waals surface area contributed by atoms with Crippen LogP contribution in [0.25, 0.3) is 0 Å². The third-order valence-corrected chi connectivity index (χ3v) is 2.27. The Hall–Kier alpha value is -1.62. The van der Waals surface area contributed by atoms with Gasteiger partial charge in [0.15, 0.2) is 0 Å². The maximum absolute atomic E-state index is 11.2. The molecule has 0 unspecified atom stereocenters. The van der Waals surface area contributed by atoms with E-state index < -0.39 is 10.9 Å². The summed E-state index contributed by atoms with van der Waals surface area (Å²) in [5.74, 6) is -0.618. The summed E-state index contributed by atoms with van der Waals surface area (Å²) < 4.78 is 4.49. The minimum Gasteiger partial charge on any atom is -0.465 e. The monoisotopic (exact) mass is 259 g/mol. The van der Waals surface area contributed by atoms with Crippen molar-refractivity contribution in [3.8, 4) is 0 Å². The molecule has 0 amide bonds. The minimum atomic E-state index is -0.621. The van der Waals surface area contributed by atoms with Gasteiger partial charge in [0.05, 0.1) is 17.6 Å². The summed E-state index contributed by atoms with van der Waals surface area (Å²) in [4.78, 5) is 21.3. The number of esters is 1. The van der Waals surface area contributed by atoms with Crippen molar-refractivity contribution in [3.05, 3.63) is 38.4 Å². The number of hydrogen-bond donors (Lipinski definition) is 0. The number of rotatable bonds is 2. The molecule has 0 N–H and O–H groups in total. The molecule has 0 saturated heterocycles. The van der Waals surface area contributed by atoms with E-state index in [9.17, 15) is 14.9 Å². The molecule has 0 heterocycles. The maximum atomic E-state index is 11.2. The molecule has 0 saturated carbocycles. The predicted molar refractivity (Wildman–Crippen MR) is 65.5 cm³/mol. The Balaban J connectivity index is 0.00000121. The summed E-state index contributed by atoms with van der Waals surface area (Å²) >= 11 is 5.65. The molecular weight excluding hydrogens is 246 g/mol. The van der Waals surface area contributed by atoms with Gasteiger partial charge in [-0.2, -0.15) is 0 Å². The maximum Gasteiger partial charge on any atom is 0.338 e. The van der Waals surface area contributed by atoms with Crippen molar-refractivity contribution < 1.29 is 14.5 Å². The van der Waals surface area contributed by atoms with E-state index in [1.54, 1.807) is 0 Å². The van der Waals surface area contributed by atoms with Crippen LogP contribution < -0.4 is 0 Å². The number of benzene rings is 1. The quantitative estimate of drug-likeness (QED) is 0.464. The average Bonchev–Trinajstić information content (AvgIpc) is 2.30. The van der Waals surface area contributed by atoms with Crippen molar-refractivity contribution in [2.45, 2.75) is 20.8 Å². The Bertz CT molecular complexity index is 432. The van der Waals surface area contributed by atoms with Crippen LogP contribution in [0.3, 0.4) is 0 Å². The molecule has 0 aliphatic carbocycles. The minimum absolute atomic E-state index is 0.00477. The molecule has 1 rings (SSSR count). The average molecular weight is 260 g/mol. The first-order valence-electron chi connectivity index (χ1n) is 5.00. The van der Waals surface area contributed by atoms with Crippen molar-refractivity contribution >= 4 is 23.3 Å². The third-order valence-electron chi connectivity index (χ3n) is 1.97. The highest BCUT2D eigenvalue weighted by atomic mass is 35.5. The van der Waals surface area contributed by atoms with Crippen molar-refractivity contribution in [2.75, 3.05) is 7.11 Å². The van der Waals surface area contributed by atoms with Crippen molar-refractivity contribution in [1.29, 1.82) is 0 Å². The van der Waals surface area contributed by atoms with Crippen LogP contribution in [0.4, 0.5) is 5.69 Å². The zero-order chi connectivity index (χ0) is 13.6. The lowest BCUT2D eigenvalue weighted by Crippen LogP contribution is -2.06. The molecular formula is C11H14ClNO4. The molecule has 94 valence electrons. The molecule has 0 fully saturated rings. The van der Waals surface area contributed by atoms with Gasteiger partial charge in [0.25, 0.3) is 5.69 Å². The molecule has 0 spiro atoms. The van der Waals surface area contributed by atoms with Crippen LogP contribution in [0.2, 0.25) is 5.02 Å². The summed E-state index contributed by atoms with van der Waals surface area (Å²) in [5, 5.41) is 10.7. The zero-order valence-corrected chi connectivity index (χ0v) is 10.9.